The number of rotatable bonds is 4. The SMILES string of the molecule is C[C@@H](N)c1ccc2ccccc2c1OCc1ccc(Br)s1. The van der Waals surface area contributed by atoms with Gasteiger partial charge in [0.2, 0.25) is 0 Å². The second kappa shape index (κ2) is 6.18. The van der Waals surface area contributed by atoms with Crippen molar-refractivity contribution in [2.75, 3.05) is 0 Å². The molecule has 0 unspecified atom stereocenters. The molecule has 0 aliphatic carbocycles. The Morgan fingerprint density at radius 2 is 1.95 bits per heavy atom. The summed E-state index contributed by atoms with van der Waals surface area (Å²) in [6, 6.07) is 16.5. The van der Waals surface area contributed by atoms with Crippen LogP contribution in [-0.2, 0) is 6.61 Å². The zero-order chi connectivity index (χ0) is 14.8. The van der Waals surface area contributed by atoms with E-state index in [-0.39, 0.29) is 6.04 Å². The van der Waals surface area contributed by atoms with Crippen molar-refractivity contribution in [3.63, 3.8) is 0 Å². The second-order valence-corrected chi connectivity index (χ2v) is 7.54. The lowest BCUT2D eigenvalue weighted by Gasteiger charge is -2.16. The molecule has 0 radical (unpaired) electrons. The van der Waals surface area contributed by atoms with Gasteiger partial charge < -0.3 is 10.5 Å². The van der Waals surface area contributed by atoms with E-state index < -0.39 is 0 Å². The first kappa shape index (κ1) is 14.6. The Morgan fingerprint density at radius 1 is 1.14 bits per heavy atom. The van der Waals surface area contributed by atoms with Crippen LogP contribution in [-0.4, -0.2) is 0 Å². The lowest BCUT2D eigenvalue weighted by molar-refractivity contribution is 0.309. The molecule has 1 heterocycles. The predicted molar refractivity (Wildman–Crippen MR) is 92.9 cm³/mol. The summed E-state index contributed by atoms with van der Waals surface area (Å²) in [7, 11) is 0. The van der Waals surface area contributed by atoms with Gasteiger partial charge in [-0.3, -0.25) is 0 Å². The van der Waals surface area contributed by atoms with Gasteiger partial charge >= 0.3 is 0 Å². The van der Waals surface area contributed by atoms with E-state index in [1.165, 1.54) is 10.3 Å². The third-order valence-electron chi connectivity index (χ3n) is 3.39. The first-order valence-corrected chi connectivity index (χ1v) is 8.40. The molecule has 0 saturated carbocycles. The molecule has 1 aromatic heterocycles. The summed E-state index contributed by atoms with van der Waals surface area (Å²) in [6.07, 6.45) is 0. The summed E-state index contributed by atoms with van der Waals surface area (Å²) in [6.45, 7) is 2.54. The zero-order valence-electron chi connectivity index (χ0n) is 11.7. The first-order valence-electron chi connectivity index (χ1n) is 6.79. The van der Waals surface area contributed by atoms with Gasteiger partial charge in [-0.05, 0) is 40.4 Å². The van der Waals surface area contributed by atoms with Gasteiger partial charge in [0.1, 0.15) is 12.4 Å². The third-order valence-corrected chi connectivity index (χ3v) is 4.99. The van der Waals surface area contributed by atoms with E-state index in [1.807, 2.05) is 25.1 Å². The molecule has 0 fully saturated rings. The van der Waals surface area contributed by atoms with Crippen molar-refractivity contribution < 1.29 is 4.74 Å². The van der Waals surface area contributed by atoms with Crippen LogP contribution in [0.3, 0.4) is 0 Å². The highest BCUT2D eigenvalue weighted by Crippen LogP contribution is 2.34. The summed E-state index contributed by atoms with van der Waals surface area (Å²) in [5.74, 6) is 0.896. The van der Waals surface area contributed by atoms with E-state index in [4.69, 9.17) is 10.5 Å². The fourth-order valence-corrected chi connectivity index (χ4v) is 3.75. The number of ether oxygens (including phenoxy) is 1. The van der Waals surface area contributed by atoms with Crippen LogP contribution >= 0.6 is 27.3 Å². The summed E-state index contributed by atoms with van der Waals surface area (Å²) >= 11 is 5.17. The summed E-state index contributed by atoms with van der Waals surface area (Å²) in [5, 5.41) is 2.28. The van der Waals surface area contributed by atoms with Crippen LogP contribution in [0.1, 0.15) is 23.4 Å². The molecule has 0 aliphatic rings. The van der Waals surface area contributed by atoms with Crippen molar-refractivity contribution in [1.82, 2.24) is 0 Å². The number of hydrogen-bond donors (Lipinski definition) is 1. The number of halogens is 1. The van der Waals surface area contributed by atoms with E-state index >= 15 is 0 Å². The standard InChI is InChI=1S/C17H16BrNOS/c1-11(19)14-8-6-12-4-2-3-5-15(12)17(14)20-10-13-7-9-16(18)21-13/h2-9,11H,10,19H2,1H3/t11-/m1/s1. The zero-order valence-corrected chi connectivity index (χ0v) is 14.1. The van der Waals surface area contributed by atoms with Crippen LogP contribution in [0.15, 0.2) is 52.3 Å². The highest BCUT2D eigenvalue weighted by molar-refractivity contribution is 9.11. The van der Waals surface area contributed by atoms with E-state index in [0.29, 0.717) is 6.61 Å². The third kappa shape index (κ3) is 3.12. The molecule has 2 N–H and O–H groups in total. The van der Waals surface area contributed by atoms with Crippen molar-refractivity contribution in [3.05, 3.63) is 62.8 Å². The van der Waals surface area contributed by atoms with Gasteiger partial charge in [-0.25, -0.2) is 0 Å². The van der Waals surface area contributed by atoms with Crippen molar-refractivity contribution in [2.24, 2.45) is 5.73 Å². The Labute approximate surface area is 136 Å². The molecule has 0 spiro atoms. The van der Waals surface area contributed by atoms with Gasteiger partial charge in [-0.1, -0.05) is 36.4 Å². The average molecular weight is 362 g/mol. The monoisotopic (exact) mass is 361 g/mol. The normalized spacial score (nSPS) is 12.5. The van der Waals surface area contributed by atoms with Gasteiger partial charge in [0.15, 0.2) is 0 Å². The number of benzene rings is 2. The lowest BCUT2D eigenvalue weighted by atomic mass is 10.0. The molecular weight excluding hydrogens is 346 g/mol. The largest absolute Gasteiger partial charge is 0.487 e. The van der Waals surface area contributed by atoms with E-state index in [9.17, 15) is 0 Å². The minimum absolute atomic E-state index is 0.0559. The highest BCUT2D eigenvalue weighted by Gasteiger charge is 2.12. The summed E-state index contributed by atoms with van der Waals surface area (Å²) in [4.78, 5) is 1.19. The van der Waals surface area contributed by atoms with Crippen LogP contribution in [0.25, 0.3) is 10.8 Å². The van der Waals surface area contributed by atoms with Gasteiger partial charge in [-0.15, -0.1) is 11.3 Å². The van der Waals surface area contributed by atoms with Crippen molar-refractivity contribution in [3.8, 4) is 5.75 Å². The Balaban J connectivity index is 1.99. The van der Waals surface area contributed by atoms with Crippen LogP contribution < -0.4 is 10.5 Å². The van der Waals surface area contributed by atoms with Crippen molar-refractivity contribution in [1.29, 1.82) is 0 Å². The minimum atomic E-state index is -0.0559. The molecule has 108 valence electrons. The predicted octanol–water partition coefficient (Wildman–Crippen LogP) is 5.26. The van der Waals surface area contributed by atoms with Crippen molar-refractivity contribution in [2.45, 2.75) is 19.6 Å². The summed E-state index contributed by atoms with van der Waals surface area (Å²) in [5.41, 5.74) is 7.14. The molecule has 2 aromatic carbocycles. The maximum absolute atomic E-state index is 6.12. The van der Waals surface area contributed by atoms with Gasteiger partial charge in [-0.2, -0.15) is 0 Å². The Kier molecular flexibility index (Phi) is 4.29. The quantitative estimate of drug-likeness (QED) is 0.687. The average Bonchev–Trinajstić information content (AvgIpc) is 2.90. The molecule has 0 bridgehead atoms. The molecular formula is C17H16BrNOS. The van der Waals surface area contributed by atoms with E-state index in [0.717, 1.165) is 20.5 Å². The maximum atomic E-state index is 6.12. The van der Waals surface area contributed by atoms with Crippen LogP contribution in [0.2, 0.25) is 0 Å². The molecule has 0 amide bonds. The minimum Gasteiger partial charge on any atom is -0.487 e. The molecule has 2 nitrogen and oxygen atoms in total. The molecule has 21 heavy (non-hydrogen) atoms. The lowest BCUT2D eigenvalue weighted by Crippen LogP contribution is -2.08. The van der Waals surface area contributed by atoms with Crippen LogP contribution in [0.4, 0.5) is 0 Å². The van der Waals surface area contributed by atoms with Gasteiger partial charge in [0, 0.05) is 21.9 Å². The molecule has 1 atom stereocenters. The first-order chi connectivity index (χ1) is 10.1. The van der Waals surface area contributed by atoms with Crippen LogP contribution in [0.5, 0.6) is 5.75 Å². The van der Waals surface area contributed by atoms with Gasteiger partial charge in [0.05, 0.1) is 3.79 Å². The fraction of sp³-hybridized carbons (Fsp3) is 0.176. The maximum Gasteiger partial charge on any atom is 0.132 e. The molecule has 3 aromatic rings. The number of thiophene rings is 1. The van der Waals surface area contributed by atoms with E-state index in [1.54, 1.807) is 11.3 Å². The number of nitrogens with two attached hydrogens (primary N) is 1. The fourth-order valence-electron chi connectivity index (χ4n) is 2.35. The Morgan fingerprint density at radius 3 is 2.67 bits per heavy atom. The highest BCUT2D eigenvalue weighted by atomic mass is 79.9. The topological polar surface area (TPSA) is 35.2 Å². The molecule has 3 rings (SSSR count). The van der Waals surface area contributed by atoms with Crippen molar-refractivity contribution >= 4 is 38.0 Å². The van der Waals surface area contributed by atoms with Gasteiger partial charge in [0.25, 0.3) is 0 Å². The smallest absolute Gasteiger partial charge is 0.132 e. The van der Waals surface area contributed by atoms with Crippen LogP contribution in [0, 0.1) is 0 Å². The molecule has 4 heteroatoms. The number of hydrogen-bond acceptors (Lipinski definition) is 3. The Hall–Kier alpha value is -1.36. The van der Waals surface area contributed by atoms with E-state index in [2.05, 4.69) is 46.3 Å². The Bertz CT molecular complexity index is 766. The summed E-state index contributed by atoms with van der Waals surface area (Å²) < 4.78 is 7.24. The number of fused-ring (bicyclic) bond motifs is 1. The molecule has 0 aliphatic heterocycles. The molecule has 0 saturated heterocycles. The second-order valence-electron chi connectivity index (χ2n) is 4.99.